The maximum atomic E-state index is 6.05. The van der Waals surface area contributed by atoms with Crippen LogP contribution in [-0.4, -0.2) is 23.3 Å². The Morgan fingerprint density at radius 2 is 1.75 bits per heavy atom. The van der Waals surface area contributed by atoms with Gasteiger partial charge in [-0.3, -0.25) is 4.98 Å². The van der Waals surface area contributed by atoms with Gasteiger partial charge in [0.2, 0.25) is 0 Å². The van der Waals surface area contributed by atoms with Crippen LogP contribution in [0.2, 0.25) is 0 Å². The Morgan fingerprint density at radius 1 is 1.15 bits per heavy atom. The van der Waals surface area contributed by atoms with Crippen molar-refractivity contribution in [3.05, 3.63) is 17.8 Å². The number of aromatic nitrogens is 1. The van der Waals surface area contributed by atoms with Crippen LogP contribution in [0.4, 0.5) is 5.69 Å². The molecule has 108 valence electrons. The van der Waals surface area contributed by atoms with Crippen LogP contribution in [-0.2, 0) is 9.31 Å². The van der Waals surface area contributed by atoms with E-state index in [1.165, 1.54) is 19.3 Å². The largest absolute Gasteiger partial charge is 0.514 e. The van der Waals surface area contributed by atoms with Crippen LogP contribution in [0.3, 0.4) is 0 Å². The lowest BCUT2D eigenvalue weighted by atomic mass is 9.80. The summed E-state index contributed by atoms with van der Waals surface area (Å²) in [6.45, 7) is 8.19. The van der Waals surface area contributed by atoms with E-state index in [-0.39, 0.29) is 11.2 Å². The van der Waals surface area contributed by atoms with Crippen molar-refractivity contribution in [1.29, 1.82) is 0 Å². The highest BCUT2D eigenvalue weighted by molar-refractivity contribution is 6.61. The van der Waals surface area contributed by atoms with Crippen LogP contribution in [0.15, 0.2) is 12.1 Å². The standard InChI is InChI=1S/C15H23BN2O2/c1-14(2)15(3,4)20-16(19-14)13-9-11(17)8-12(18-13)10-6-5-7-10/h8-10H,5-7H2,1-4H3,(H2,17,18). The van der Waals surface area contributed by atoms with E-state index in [4.69, 9.17) is 20.0 Å². The molecule has 0 spiro atoms. The Bertz CT molecular complexity index is 511. The summed E-state index contributed by atoms with van der Waals surface area (Å²) in [6.07, 6.45) is 3.70. The van der Waals surface area contributed by atoms with Gasteiger partial charge in [0.25, 0.3) is 0 Å². The normalized spacial score (nSPS) is 24.7. The van der Waals surface area contributed by atoms with Gasteiger partial charge in [0, 0.05) is 17.3 Å². The molecule has 5 heteroatoms. The second-order valence-electron chi connectivity index (χ2n) is 6.97. The highest BCUT2D eigenvalue weighted by Gasteiger charge is 2.52. The van der Waals surface area contributed by atoms with Gasteiger partial charge >= 0.3 is 7.12 Å². The van der Waals surface area contributed by atoms with Crippen molar-refractivity contribution in [2.75, 3.05) is 5.73 Å². The van der Waals surface area contributed by atoms with E-state index in [1.807, 2.05) is 39.8 Å². The molecule has 0 atom stereocenters. The molecule has 3 rings (SSSR count). The van der Waals surface area contributed by atoms with E-state index in [0.717, 1.165) is 17.0 Å². The molecule has 1 aromatic rings. The predicted octanol–water partition coefficient (Wildman–Crippen LogP) is 2.23. The van der Waals surface area contributed by atoms with E-state index >= 15 is 0 Å². The zero-order valence-electron chi connectivity index (χ0n) is 12.8. The van der Waals surface area contributed by atoms with E-state index in [1.54, 1.807) is 0 Å². The average Bonchev–Trinajstić information content (AvgIpc) is 2.45. The molecule has 1 aromatic heterocycles. The quantitative estimate of drug-likeness (QED) is 0.840. The summed E-state index contributed by atoms with van der Waals surface area (Å²) in [6, 6.07) is 3.85. The van der Waals surface area contributed by atoms with Crippen molar-refractivity contribution < 1.29 is 9.31 Å². The first-order valence-electron chi connectivity index (χ1n) is 7.41. The molecule has 20 heavy (non-hydrogen) atoms. The molecular formula is C15H23BN2O2. The first-order chi connectivity index (χ1) is 9.28. The van der Waals surface area contributed by atoms with E-state index in [0.29, 0.717) is 5.92 Å². The smallest absolute Gasteiger partial charge is 0.399 e. The van der Waals surface area contributed by atoms with Gasteiger partial charge in [-0.2, -0.15) is 0 Å². The summed E-state index contributed by atoms with van der Waals surface area (Å²) in [5.41, 5.74) is 7.96. The molecule has 0 amide bonds. The zero-order valence-corrected chi connectivity index (χ0v) is 12.8. The number of hydrogen-bond acceptors (Lipinski definition) is 4. The van der Waals surface area contributed by atoms with E-state index in [2.05, 4.69) is 0 Å². The Labute approximate surface area is 121 Å². The lowest BCUT2D eigenvalue weighted by molar-refractivity contribution is 0.00578. The number of anilines is 1. The number of nitrogens with zero attached hydrogens (tertiary/aromatic N) is 1. The SMILES string of the molecule is CC1(C)OB(c2cc(N)cc(C3CCC3)n2)OC1(C)C. The molecule has 1 aliphatic carbocycles. The number of nitrogen functional groups attached to an aromatic ring is 1. The maximum Gasteiger partial charge on any atom is 0.514 e. The summed E-state index contributed by atoms with van der Waals surface area (Å²) in [5.74, 6) is 0.555. The van der Waals surface area contributed by atoms with E-state index < -0.39 is 7.12 Å². The van der Waals surface area contributed by atoms with Crippen LogP contribution in [0.25, 0.3) is 0 Å². The van der Waals surface area contributed by atoms with Gasteiger partial charge in [-0.25, -0.2) is 0 Å². The van der Waals surface area contributed by atoms with Crippen LogP contribution in [0.1, 0.15) is 58.6 Å². The molecule has 2 heterocycles. The minimum absolute atomic E-state index is 0.347. The molecule has 0 bridgehead atoms. The Hall–Kier alpha value is -1.07. The van der Waals surface area contributed by atoms with E-state index in [9.17, 15) is 0 Å². The number of hydrogen-bond donors (Lipinski definition) is 1. The summed E-state index contributed by atoms with van der Waals surface area (Å²) >= 11 is 0. The Morgan fingerprint density at radius 3 is 2.25 bits per heavy atom. The first kappa shape index (κ1) is 13.9. The van der Waals surface area contributed by atoms with Crippen LogP contribution in [0, 0.1) is 0 Å². The fourth-order valence-electron chi connectivity index (χ4n) is 2.59. The monoisotopic (exact) mass is 274 g/mol. The van der Waals surface area contributed by atoms with Gasteiger partial charge in [0.15, 0.2) is 0 Å². The third kappa shape index (κ3) is 2.23. The van der Waals surface area contributed by atoms with Gasteiger partial charge in [-0.05, 0) is 52.7 Å². The number of nitrogens with two attached hydrogens (primary N) is 1. The Balaban J connectivity index is 1.89. The molecule has 1 aliphatic heterocycles. The molecule has 0 aromatic carbocycles. The molecule has 1 saturated heterocycles. The molecule has 0 unspecified atom stereocenters. The Kier molecular flexibility index (Phi) is 3.10. The van der Waals surface area contributed by atoms with Crippen molar-refractivity contribution in [2.24, 2.45) is 0 Å². The van der Waals surface area contributed by atoms with Crippen LogP contribution in [0.5, 0.6) is 0 Å². The second-order valence-corrected chi connectivity index (χ2v) is 6.97. The fraction of sp³-hybridized carbons (Fsp3) is 0.667. The van der Waals surface area contributed by atoms with Crippen molar-refractivity contribution in [1.82, 2.24) is 4.98 Å². The number of pyridine rings is 1. The van der Waals surface area contributed by atoms with Gasteiger partial charge < -0.3 is 15.0 Å². The molecular weight excluding hydrogens is 251 g/mol. The van der Waals surface area contributed by atoms with Gasteiger partial charge in [0.1, 0.15) is 0 Å². The maximum absolute atomic E-state index is 6.05. The van der Waals surface area contributed by atoms with Crippen molar-refractivity contribution in [3.8, 4) is 0 Å². The summed E-state index contributed by atoms with van der Waals surface area (Å²) in [7, 11) is -0.428. The third-order valence-corrected chi connectivity index (χ3v) is 4.91. The molecule has 1 saturated carbocycles. The van der Waals surface area contributed by atoms with Crippen molar-refractivity contribution in [3.63, 3.8) is 0 Å². The molecule has 2 aliphatic rings. The average molecular weight is 274 g/mol. The van der Waals surface area contributed by atoms with Gasteiger partial charge in [-0.15, -0.1) is 0 Å². The highest BCUT2D eigenvalue weighted by atomic mass is 16.7. The van der Waals surface area contributed by atoms with Crippen LogP contribution >= 0.6 is 0 Å². The molecule has 2 fully saturated rings. The zero-order chi connectivity index (χ0) is 14.5. The second kappa shape index (κ2) is 4.47. The lowest BCUT2D eigenvalue weighted by Crippen LogP contribution is -2.41. The third-order valence-electron chi connectivity index (χ3n) is 4.91. The van der Waals surface area contributed by atoms with Gasteiger partial charge in [0.05, 0.1) is 16.8 Å². The molecule has 0 radical (unpaired) electrons. The van der Waals surface area contributed by atoms with Crippen molar-refractivity contribution in [2.45, 2.75) is 64.1 Å². The minimum Gasteiger partial charge on any atom is -0.399 e. The fourth-order valence-corrected chi connectivity index (χ4v) is 2.59. The topological polar surface area (TPSA) is 57.4 Å². The molecule has 2 N–H and O–H groups in total. The summed E-state index contributed by atoms with van der Waals surface area (Å²) in [5, 5.41) is 0. The molecule has 4 nitrogen and oxygen atoms in total. The lowest BCUT2D eigenvalue weighted by Gasteiger charge is -2.32. The highest BCUT2D eigenvalue weighted by Crippen LogP contribution is 2.38. The predicted molar refractivity (Wildman–Crippen MR) is 81.0 cm³/mol. The van der Waals surface area contributed by atoms with Crippen molar-refractivity contribution >= 4 is 18.4 Å². The summed E-state index contributed by atoms with van der Waals surface area (Å²) < 4.78 is 12.1. The summed E-state index contributed by atoms with van der Waals surface area (Å²) in [4.78, 5) is 4.74. The van der Waals surface area contributed by atoms with Crippen LogP contribution < -0.4 is 11.3 Å². The number of rotatable bonds is 2. The minimum atomic E-state index is -0.428. The van der Waals surface area contributed by atoms with Gasteiger partial charge in [-0.1, -0.05) is 6.42 Å². The first-order valence-corrected chi connectivity index (χ1v) is 7.41.